The van der Waals surface area contributed by atoms with Crippen molar-refractivity contribution in [3.8, 4) is 0 Å². The molecule has 0 aliphatic rings. The van der Waals surface area contributed by atoms with Gasteiger partial charge in [0, 0.05) is 12.2 Å². The number of carbonyl (C=O) groups excluding carboxylic acids is 1. The summed E-state index contributed by atoms with van der Waals surface area (Å²) >= 11 is 1.09. The normalized spacial score (nSPS) is 12.8. The molecule has 2 aromatic rings. The third kappa shape index (κ3) is 4.88. The number of aromatic amines is 1. The third-order valence-electron chi connectivity index (χ3n) is 3.30. The van der Waals surface area contributed by atoms with Gasteiger partial charge in [-0.3, -0.25) is 9.36 Å². The van der Waals surface area contributed by atoms with Crippen LogP contribution in [-0.2, 0) is 17.5 Å². The molecule has 0 fully saturated rings. The number of rotatable bonds is 6. The predicted molar refractivity (Wildman–Crippen MR) is 88.5 cm³/mol. The first-order valence-corrected chi connectivity index (χ1v) is 8.40. The number of hydrogen-bond acceptors (Lipinski definition) is 4. The van der Waals surface area contributed by atoms with E-state index in [1.165, 1.54) is 16.7 Å². The number of nitrogens with one attached hydrogen (secondary N) is 2. The van der Waals surface area contributed by atoms with Gasteiger partial charge in [0.25, 0.3) is 0 Å². The second kappa shape index (κ2) is 7.77. The predicted octanol–water partition coefficient (Wildman–Crippen LogP) is 3.12. The van der Waals surface area contributed by atoms with Crippen LogP contribution in [0.4, 0.5) is 18.9 Å². The van der Waals surface area contributed by atoms with Crippen LogP contribution in [-0.4, -0.2) is 25.9 Å². The van der Waals surface area contributed by atoms with Crippen LogP contribution in [0.1, 0.15) is 25.8 Å². The molecule has 0 saturated carbocycles. The van der Waals surface area contributed by atoms with Crippen molar-refractivity contribution >= 4 is 23.4 Å². The number of carbonyl (C=O) groups is 1. The Labute approximate surface area is 145 Å². The van der Waals surface area contributed by atoms with Gasteiger partial charge in [0.2, 0.25) is 5.91 Å². The van der Waals surface area contributed by atoms with Gasteiger partial charge in [0.15, 0.2) is 5.16 Å². The van der Waals surface area contributed by atoms with Crippen LogP contribution >= 0.6 is 11.8 Å². The lowest BCUT2D eigenvalue weighted by Crippen LogP contribution is -2.24. The second-order valence-corrected chi connectivity index (χ2v) is 6.60. The van der Waals surface area contributed by atoms with Gasteiger partial charge >= 0.3 is 11.9 Å². The molecule has 0 aliphatic heterocycles. The number of anilines is 1. The number of benzene rings is 1. The Morgan fingerprint density at radius 3 is 2.56 bits per heavy atom. The Balaban J connectivity index is 2.02. The molecule has 0 saturated heterocycles. The van der Waals surface area contributed by atoms with Crippen molar-refractivity contribution in [1.82, 2.24) is 14.8 Å². The van der Waals surface area contributed by atoms with Crippen LogP contribution in [0.15, 0.2) is 34.2 Å². The summed E-state index contributed by atoms with van der Waals surface area (Å²) in [6, 6.07) is 4.19. The first-order chi connectivity index (χ1) is 11.7. The Hall–Kier alpha value is -2.23. The molecule has 1 amide bonds. The quantitative estimate of drug-likeness (QED) is 0.762. The van der Waals surface area contributed by atoms with Crippen LogP contribution in [0, 0.1) is 0 Å². The molecule has 25 heavy (non-hydrogen) atoms. The summed E-state index contributed by atoms with van der Waals surface area (Å²) in [5, 5.41) is 8.57. The number of nitrogens with zero attached hydrogens (tertiary/aromatic N) is 2. The standard InChI is InChI=1S/C15H17F3N4O2S/c1-3-8-22-13(24)20-21-14(22)25-9(2)12(23)19-11-6-4-10(5-7-11)15(16,17)18/h4-7,9H,3,8H2,1-2H3,(H,19,23)(H,20,24)/t9-/m1/s1. The Morgan fingerprint density at radius 2 is 2.00 bits per heavy atom. The Bertz CT molecular complexity index is 783. The van der Waals surface area contributed by atoms with E-state index in [0.717, 1.165) is 30.3 Å². The minimum atomic E-state index is -4.42. The van der Waals surface area contributed by atoms with E-state index in [-0.39, 0.29) is 11.4 Å². The van der Waals surface area contributed by atoms with Crippen molar-refractivity contribution in [3.63, 3.8) is 0 Å². The van der Waals surface area contributed by atoms with Crippen LogP contribution < -0.4 is 11.0 Å². The fraction of sp³-hybridized carbons (Fsp3) is 0.400. The maximum atomic E-state index is 12.5. The van der Waals surface area contributed by atoms with Crippen molar-refractivity contribution < 1.29 is 18.0 Å². The van der Waals surface area contributed by atoms with Gasteiger partial charge in [0.1, 0.15) is 0 Å². The molecule has 1 aromatic carbocycles. The van der Waals surface area contributed by atoms with Crippen LogP contribution in [0.3, 0.4) is 0 Å². The van der Waals surface area contributed by atoms with Crippen LogP contribution in [0.2, 0.25) is 0 Å². The molecule has 6 nitrogen and oxygen atoms in total. The van der Waals surface area contributed by atoms with Crippen LogP contribution in [0.25, 0.3) is 0 Å². The number of amides is 1. The summed E-state index contributed by atoms with van der Waals surface area (Å²) < 4.78 is 39.0. The van der Waals surface area contributed by atoms with E-state index in [1.54, 1.807) is 6.92 Å². The van der Waals surface area contributed by atoms with Crippen molar-refractivity contribution in [2.24, 2.45) is 0 Å². The number of alkyl halides is 3. The van der Waals surface area contributed by atoms with E-state index in [2.05, 4.69) is 15.5 Å². The zero-order valence-corrected chi connectivity index (χ0v) is 14.4. The second-order valence-electron chi connectivity index (χ2n) is 5.29. The molecule has 1 atom stereocenters. The highest BCUT2D eigenvalue weighted by atomic mass is 32.2. The zero-order chi connectivity index (χ0) is 18.6. The molecule has 136 valence electrons. The van der Waals surface area contributed by atoms with Crippen molar-refractivity contribution in [3.05, 3.63) is 40.3 Å². The fourth-order valence-corrected chi connectivity index (χ4v) is 2.89. The van der Waals surface area contributed by atoms with E-state index < -0.39 is 22.9 Å². The minimum Gasteiger partial charge on any atom is -0.325 e. The summed E-state index contributed by atoms with van der Waals surface area (Å²) in [6.45, 7) is 4.01. The highest BCUT2D eigenvalue weighted by Gasteiger charge is 2.30. The Morgan fingerprint density at radius 1 is 1.36 bits per heavy atom. The van der Waals surface area contributed by atoms with Gasteiger partial charge in [-0.1, -0.05) is 18.7 Å². The maximum absolute atomic E-state index is 12.5. The largest absolute Gasteiger partial charge is 0.416 e. The molecule has 0 unspecified atom stereocenters. The molecule has 0 radical (unpaired) electrons. The van der Waals surface area contributed by atoms with Crippen LogP contribution in [0.5, 0.6) is 0 Å². The summed E-state index contributed by atoms with van der Waals surface area (Å²) in [7, 11) is 0. The summed E-state index contributed by atoms with van der Waals surface area (Å²) in [5.41, 5.74) is -0.869. The fourth-order valence-electron chi connectivity index (χ4n) is 2.01. The molecular formula is C15H17F3N4O2S. The van der Waals surface area contributed by atoms with Crippen molar-refractivity contribution in [1.29, 1.82) is 0 Å². The number of hydrogen-bond donors (Lipinski definition) is 2. The van der Waals surface area contributed by atoms with E-state index in [0.29, 0.717) is 11.7 Å². The summed E-state index contributed by atoms with van der Waals surface area (Å²) in [4.78, 5) is 23.8. The summed E-state index contributed by atoms with van der Waals surface area (Å²) in [6.07, 6.45) is -3.69. The minimum absolute atomic E-state index is 0.262. The SMILES string of the molecule is CCCn1c(S[C@H](C)C(=O)Nc2ccc(C(F)(F)F)cc2)n[nH]c1=O. The van der Waals surface area contributed by atoms with Gasteiger partial charge in [-0.15, -0.1) is 5.10 Å². The molecule has 2 N–H and O–H groups in total. The lowest BCUT2D eigenvalue weighted by atomic mass is 10.2. The highest BCUT2D eigenvalue weighted by Crippen LogP contribution is 2.30. The molecule has 0 spiro atoms. The first kappa shape index (κ1) is 19.1. The van der Waals surface area contributed by atoms with Gasteiger partial charge in [0.05, 0.1) is 10.8 Å². The van der Waals surface area contributed by atoms with E-state index >= 15 is 0 Å². The van der Waals surface area contributed by atoms with E-state index in [1.807, 2.05) is 6.92 Å². The number of aromatic nitrogens is 3. The summed E-state index contributed by atoms with van der Waals surface area (Å²) in [5.74, 6) is -0.400. The van der Waals surface area contributed by atoms with E-state index in [4.69, 9.17) is 0 Å². The molecular weight excluding hydrogens is 357 g/mol. The average Bonchev–Trinajstić information content (AvgIpc) is 2.88. The van der Waals surface area contributed by atoms with Gasteiger partial charge < -0.3 is 5.32 Å². The van der Waals surface area contributed by atoms with Gasteiger partial charge in [-0.05, 0) is 37.6 Å². The molecule has 0 bridgehead atoms. The molecule has 2 rings (SSSR count). The number of halogens is 3. The number of thioether (sulfide) groups is 1. The zero-order valence-electron chi connectivity index (χ0n) is 13.6. The monoisotopic (exact) mass is 374 g/mol. The Kier molecular flexibility index (Phi) is 5.93. The van der Waals surface area contributed by atoms with Crippen molar-refractivity contribution in [2.45, 2.75) is 43.4 Å². The first-order valence-electron chi connectivity index (χ1n) is 7.52. The molecule has 1 aromatic heterocycles. The topological polar surface area (TPSA) is 79.8 Å². The average molecular weight is 374 g/mol. The van der Waals surface area contributed by atoms with Gasteiger partial charge in [-0.25, -0.2) is 9.89 Å². The van der Waals surface area contributed by atoms with Crippen molar-refractivity contribution in [2.75, 3.05) is 5.32 Å². The van der Waals surface area contributed by atoms with E-state index in [9.17, 15) is 22.8 Å². The lowest BCUT2D eigenvalue weighted by molar-refractivity contribution is -0.137. The number of H-pyrrole nitrogens is 1. The lowest BCUT2D eigenvalue weighted by Gasteiger charge is -2.13. The highest BCUT2D eigenvalue weighted by molar-refractivity contribution is 8.00. The molecule has 1 heterocycles. The smallest absolute Gasteiger partial charge is 0.325 e. The van der Waals surface area contributed by atoms with Gasteiger partial charge in [-0.2, -0.15) is 13.2 Å². The third-order valence-corrected chi connectivity index (χ3v) is 4.39. The molecule has 0 aliphatic carbocycles. The molecule has 10 heteroatoms. The maximum Gasteiger partial charge on any atom is 0.416 e.